The van der Waals surface area contributed by atoms with Crippen molar-refractivity contribution in [3.63, 3.8) is 0 Å². The number of halogens is 1. The lowest BCUT2D eigenvalue weighted by Crippen LogP contribution is -2.30. The SMILES string of the molecule is CCOC(=O)/C(C#N)=C/Nc1cc(S(=O)(=O)N(CC)CC)ccc1Cl. The Balaban J connectivity index is 3.19. The molecule has 0 bridgehead atoms. The Hall–Kier alpha value is -2.08. The van der Waals surface area contributed by atoms with Crippen LogP contribution in [0.25, 0.3) is 0 Å². The van der Waals surface area contributed by atoms with E-state index in [-0.39, 0.29) is 27.8 Å². The number of carbonyl (C=O) groups is 1. The first kappa shape index (κ1) is 21.0. The van der Waals surface area contributed by atoms with Gasteiger partial charge >= 0.3 is 5.97 Å². The zero-order valence-corrected chi connectivity index (χ0v) is 15.8. The molecule has 25 heavy (non-hydrogen) atoms. The van der Waals surface area contributed by atoms with Gasteiger partial charge in [-0.1, -0.05) is 25.4 Å². The number of rotatable bonds is 8. The number of hydrogen-bond donors (Lipinski definition) is 1. The van der Waals surface area contributed by atoms with Crippen LogP contribution in [0.1, 0.15) is 20.8 Å². The molecule has 0 spiro atoms. The molecule has 1 aromatic rings. The van der Waals surface area contributed by atoms with E-state index in [4.69, 9.17) is 21.6 Å². The Morgan fingerprint density at radius 3 is 2.52 bits per heavy atom. The second-order valence-corrected chi connectivity index (χ2v) is 7.11. The van der Waals surface area contributed by atoms with Crippen molar-refractivity contribution in [2.75, 3.05) is 25.0 Å². The summed E-state index contributed by atoms with van der Waals surface area (Å²) < 4.78 is 31.2. The van der Waals surface area contributed by atoms with Crippen LogP contribution in [0.15, 0.2) is 34.9 Å². The molecular formula is C16H20ClN3O4S. The van der Waals surface area contributed by atoms with Gasteiger partial charge in [0.1, 0.15) is 6.07 Å². The first-order valence-electron chi connectivity index (χ1n) is 7.65. The molecule has 0 radical (unpaired) electrons. The van der Waals surface area contributed by atoms with Crippen molar-refractivity contribution in [3.05, 3.63) is 35.0 Å². The van der Waals surface area contributed by atoms with Crippen LogP contribution in [-0.4, -0.2) is 38.4 Å². The molecule has 1 N–H and O–H groups in total. The van der Waals surface area contributed by atoms with E-state index in [1.54, 1.807) is 26.8 Å². The maximum Gasteiger partial charge on any atom is 0.350 e. The van der Waals surface area contributed by atoms with Crippen LogP contribution in [0, 0.1) is 11.3 Å². The van der Waals surface area contributed by atoms with Crippen LogP contribution in [0.3, 0.4) is 0 Å². The van der Waals surface area contributed by atoms with E-state index in [0.717, 1.165) is 6.20 Å². The quantitative estimate of drug-likeness (QED) is 0.419. The maximum atomic E-state index is 12.6. The van der Waals surface area contributed by atoms with Gasteiger partial charge in [-0.05, 0) is 25.1 Å². The molecule has 1 rings (SSSR count). The molecule has 0 unspecified atom stereocenters. The summed E-state index contributed by atoms with van der Waals surface area (Å²) in [4.78, 5) is 11.6. The number of carbonyl (C=O) groups excluding carboxylic acids is 1. The average molecular weight is 386 g/mol. The third-order valence-corrected chi connectivity index (χ3v) is 5.64. The average Bonchev–Trinajstić information content (AvgIpc) is 2.57. The molecule has 0 fully saturated rings. The van der Waals surface area contributed by atoms with E-state index in [1.165, 1.54) is 22.5 Å². The van der Waals surface area contributed by atoms with Crippen LogP contribution in [0.2, 0.25) is 5.02 Å². The molecule has 0 aliphatic carbocycles. The number of anilines is 1. The number of sulfonamides is 1. The predicted molar refractivity (Wildman–Crippen MR) is 95.5 cm³/mol. The van der Waals surface area contributed by atoms with Crippen LogP contribution in [0.5, 0.6) is 0 Å². The van der Waals surface area contributed by atoms with Gasteiger partial charge in [0.05, 0.1) is 22.2 Å². The molecule has 0 aliphatic rings. The van der Waals surface area contributed by atoms with Gasteiger partial charge in [-0.3, -0.25) is 0 Å². The van der Waals surface area contributed by atoms with Crippen molar-refractivity contribution < 1.29 is 17.9 Å². The molecule has 1 aromatic carbocycles. The highest BCUT2D eigenvalue weighted by Crippen LogP contribution is 2.27. The number of benzene rings is 1. The summed E-state index contributed by atoms with van der Waals surface area (Å²) in [5, 5.41) is 11.9. The highest BCUT2D eigenvalue weighted by Gasteiger charge is 2.22. The van der Waals surface area contributed by atoms with Crippen LogP contribution in [-0.2, 0) is 19.6 Å². The van der Waals surface area contributed by atoms with Gasteiger partial charge in [0, 0.05) is 19.3 Å². The van der Waals surface area contributed by atoms with Crippen molar-refractivity contribution in [2.45, 2.75) is 25.7 Å². The van der Waals surface area contributed by atoms with Crippen molar-refractivity contribution in [1.82, 2.24) is 4.31 Å². The topological polar surface area (TPSA) is 99.5 Å². The molecule has 0 saturated carbocycles. The number of esters is 1. The van der Waals surface area contributed by atoms with Crippen molar-refractivity contribution >= 4 is 33.3 Å². The number of nitrogens with zero attached hydrogens (tertiary/aromatic N) is 2. The number of ether oxygens (including phenoxy) is 1. The van der Waals surface area contributed by atoms with Gasteiger partial charge in [0.15, 0.2) is 5.57 Å². The third-order valence-electron chi connectivity index (χ3n) is 3.27. The normalized spacial score (nSPS) is 11.9. The van der Waals surface area contributed by atoms with Crippen LogP contribution >= 0.6 is 11.6 Å². The Labute approximate surface area is 152 Å². The van der Waals surface area contributed by atoms with Crippen molar-refractivity contribution in [3.8, 4) is 6.07 Å². The lowest BCUT2D eigenvalue weighted by Gasteiger charge is -2.19. The molecular weight excluding hydrogens is 366 g/mol. The van der Waals surface area contributed by atoms with Gasteiger partial charge in [-0.15, -0.1) is 0 Å². The maximum absolute atomic E-state index is 12.6. The molecule has 7 nitrogen and oxygen atoms in total. The fourth-order valence-corrected chi connectivity index (χ4v) is 3.64. The minimum Gasteiger partial charge on any atom is -0.462 e. The summed E-state index contributed by atoms with van der Waals surface area (Å²) in [6.45, 7) is 5.93. The van der Waals surface area contributed by atoms with E-state index in [9.17, 15) is 13.2 Å². The predicted octanol–water partition coefficient (Wildman–Crippen LogP) is 2.75. The molecule has 136 valence electrons. The van der Waals surface area contributed by atoms with E-state index in [0.29, 0.717) is 13.1 Å². The van der Waals surface area contributed by atoms with Crippen LogP contribution in [0.4, 0.5) is 5.69 Å². The smallest absolute Gasteiger partial charge is 0.350 e. The van der Waals surface area contributed by atoms with E-state index in [2.05, 4.69) is 5.32 Å². The fourth-order valence-electron chi connectivity index (χ4n) is 1.98. The zero-order chi connectivity index (χ0) is 19.0. The lowest BCUT2D eigenvalue weighted by molar-refractivity contribution is -0.138. The fraction of sp³-hybridized carbons (Fsp3) is 0.375. The van der Waals surface area contributed by atoms with Gasteiger partial charge in [-0.2, -0.15) is 9.57 Å². The largest absolute Gasteiger partial charge is 0.462 e. The molecule has 0 atom stereocenters. The molecule has 9 heteroatoms. The van der Waals surface area contributed by atoms with Gasteiger partial charge in [0.2, 0.25) is 10.0 Å². The van der Waals surface area contributed by atoms with Gasteiger partial charge in [0.25, 0.3) is 0 Å². The second-order valence-electron chi connectivity index (χ2n) is 4.77. The van der Waals surface area contributed by atoms with E-state index >= 15 is 0 Å². The monoisotopic (exact) mass is 385 g/mol. The highest BCUT2D eigenvalue weighted by atomic mass is 35.5. The number of hydrogen-bond acceptors (Lipinski definition) is 6. The molecule has 0 saturated heterocycles. The number of nitrogens with one attached hydrogen (secondary N) is 1. The summed E-state index contributed by atoms with van der Waals surface area (Å²) in [6, 6.07) is 5.91. The highest BCUT2D eigenvalue weighted by molar-refractivity contribution is 7.89. The first-order chi connectivity index (χ1) is 11.8. The summed E-state index contributed by atoms with van der Waals surface area (Å²) in [5.74, 6) is -0.777. The summed E-state index contributed by atoms with van der Waals surface area (Å²) in [5.41, 5.74) is 0.00173. The Bertz CT molecular complexity index is 796. The second kappa shape index (κ2) is 9.42. The summed E-state index contributed by atoms with van der Waals surface area (Å²) in [6.07, 6.45) is 1.13. The minimum atomic E-state index is -3.65. The number of nitriles is 1. The molecule has 0 heterocycles. The van der Waals surface area contributed by atoms with Crippen molar-refractivity contribution in [1.29, 1.82) is 5.26 Å². The van der Waals surface area contributed by atoms with Gasteiger partial charge < -0.3 is 10.1 Å². The zero-order valence-electron chi connectivity index (χ0n) is 14.2. The standard InChI is InChI=1S/C16H20ClN3O4S/c1-4-20(5-2)25(22,23)13-7-8-14(17)15(9-13)19-11-12(10-18)16(21)24-6-3/h7-9,11,19H,4-6H2,1-3H3/b12-11+. The molecule has 0 aromatic heterocycles. The minimum absolute atomic E-state index is 0.0612. The van der Waals surface area contributed by atoms with E-state index in [1.807, 2.05) is 0 Å². The summed E-state index contributed by atoms with van der Waals surface area (Å²) in [7, 11) is -3.65. The first-order valence-corrected chi connectivity index (χ1v) is 9.47. The van der Waals surface area contributed by atoms with Crippen LogP contribution < -0.4 is 5.32 Å². The Kier molecular flexibility index (Phi) is 7.90. The third kappa shape index (κ3) is 5.19. The lowest BCUT2D eigenvalue weighted by atomic mass is 10.3. The molecule has 0 aliphatic heterocycles. The van der Waals surface area contributed by atoms with Crippen molar-refractivity contribution in [2.24, 2.45) is 0 Å². The molecule has 0 amide bonds. The Morgan fingerprint density at radius 2 is 2.00 bits per heavy atom. The Morgan fingerprint density at radius 1 is 1.36 bits per heavy atom. The van der Waals surface area contributed by atoms with Gasteiger partial charge in [-0.25, -0.2) is 13.2 Å². The summed E-state index contributed by atoms with van der Waals surface area (Å²) >= 11 is 6.06. The van der Waals surface area contributed by atoms with E-state index < -0.39 is 16.0 Å².